The van der Waals surface area contributed by atoms with Crippen molar-refractivity contribution in [1.29, 1.82) is 0 Å². The highest BCUT2D eigenvalue weighted by molar-refractivity contribution is 5.97. The fourth-order valence-electron chi connectivity index (χ4n) is 1.16. The van der Waals surface area contributed by atoms with Crippen molar-refractivity contribution in [3.8, 4) is 5.75 Å². The zero-order chi connectivity index (χ0) is 12.3. The highest BCUT2D eigenvalue weighted by Gasteiger charge is 2.32. The molecule has 0 spiro atoms. The normalized spacial score (nSPS) is 11.3. The highest BCUT2D eigenvalue weighted by Crippen LogP contribution is 2.26. The number of carbonyl (C=O) groups is 1. The Kier molecular flexibility index (Phi) is 3.51. The Morgan fingerprint density at radius 3 is 2.50 bits per heavy atom. The van der Waals surface area contributed by atoms with Gasteiger partial charge in [-0.2, -0.15) is 13.2 Å². The van der Waals surface area contributed by atoms with Crippen molar-refractivity contribution < 1.29 is 27.1 Å². The zero-order valence-electron chi connectivity index (χ0n) is 8.27. The van der Waals surface area contributed by atoms with Gasteiger partial charge in [0.05, 0.1) is 12.7 Å². The SMILES string of the molecule is COc1cccc(C(=O)CC(F)(F)F)c1F. The van der Waals surface area contributed by atoms with Crippen LogP contribution in [0.1, 0.15) is 16.8 Å². The largest absolute Gasteiger partial charge is 0.494 e. The van der Waals surface area contributed by atoms with Gasteiger partial charge in [-0.3, -0.25) is 4.79 Å². The fraction of sp³-hybridized carbons (Fsp3) is 0.300. The molecule has 0 radical (unpaired) electrons. The molecule has 1 aromatic rings. The second-order valence-electron chi connectivity index (χ2n) is 3.04. The number of ether oxygens (including phenoxy) is 1. The molecule has 6 heteroatoms. The van der Waals surface area contributed by atoms with Crippen molar-refractivity contribution in [2.45, 2.75) is 12.6 Å². The second kappa shape index (κ2) is 4.51. The molecule has 16 heavy (non-hydrogen) atoms. The van der Waals surface area contributed by atoms with Gasteiger partial charge in [-0.05, 0) is 12.1 Å². The minimum atomic E-state index is -4.65. The number of ketones is 1. The molecule has 0 saturated carbocycles. The molecule has 2 nitrogen and oxygen atoms in total. The molecule has 0 heterocycles. The topological polar surface area (TPSA) is 26.3 Å². The summed E-state index contributed by atoms with van der Waals surface area (Å²) >= 11 is 0. The van der Waals surface area contributed by atoms with Crippen LogP contribution in [0.2, 0.25) is 0 Å². The molecule has 0 aliphatic heterocycles. The molecule has 1 aromatic carbocycles. The van der Waals surface area contributed by atoms with Gasteiger partial charge in [0.1, 0.15) is 6.42 Å². The maximum Gasteiger partial charge on any atom is 0.396 e. The van der Waals surface area contributed by atoms with E-state index >= 15 is 0 Å². The van der Waals surface area contributed by atoms with E-state index < -0.39 is 29.8 Å². The molecule has 0 N–H and O–H groups in total. The Morgan fingerprint density at radius 1 is 1.38 bits per heavy atom. The van der Waals surface area contributed by atoms with E-state index in [0.717, 1.165) is 13.2 Å². The third kappa shape index (κ3) is 2.95. The van der Waals surface area contributed by atoms with E-state index in [9.17, 15) is 22.4 Å². The molecule has 0 aliphatic carbocycles. The lowest BCUT2D eigenvalue weighted by Crippen LogP contribution is -2.16. The summed E-state index contributed by atoms with van der Waals surface area (Å²) in [6.07, 6.45) is -6.33. The molecule has 0 fully saturated rings. The molecule has 0 unspecified atom stereocenters. The monoisotopic (exact) mass is 236 g/mol. The molecule has 0 aliphatic rings. The summed E-state index contributed by atoms with van der Waals surface area (Å²) < 4.78 is 53.7. The van der Waals surface area contributed by atoms with Crippen LogP contribution in [0.25, 0.3) is 0 Å². The van der Waals surface area contributed by atoms with Gasteiger partial charge >= 0.3 is 6.18 Å². The zero-order valence-corrected chi connectivity index (χ0v) is 8.27. The lowest BCUT2D eigenvalue weighted by Gasteiger charge is -2.08. The number of benzene rings is 1. The average Bonchev–Trinajstić information content (AvgIpc) is 2.15. The minimum absolute atomic E-state index is 0.256. The lowest BCUT2D eigenvalue weighted by atomic mass is 10.1. The first-order chi connectivity index (χ1) is 7.35. The first kappa shape index (κ1) is 12.5. The van der Waals surface area contributed by atoms with Gasteiger partial charge < -0.3 is 4.74 Å². The number of Topliss-reactive ketones (excluding diaryl/α,β-unsaturated/α-hetero) is 1. The smallest absolute Gasteiger partial charge is 0.396 e. The Hall–Kier alpha value is -1.59. The number of halogens is 4. The van der Waals surface area contributed by atoms with Crippen LogP contribution in [0.15, 0.2) is 18.2 Å². The standard InChI is InChI=1S/C10H8F4O2/c1-16-8-4-2-3-6(9(8)11)7(15)5-10(12,13)14/h2-4H,5H2,1H3. The van der Waals surface area contributed by atoms with E-state index in [2.05, 4.69) is 4.74 Å². The van der Waals surface area contributed by atoms with Crippen LogP contribution in [0.3, 0.4) is 0 Å². The maximum atomic E-state index is 13.4. The van der Waals surface area contributed by atoms with Crippen LogP contribution in [0.5, 0.6) is 5.75 Å². The van der Waals surface area contributed by atoms with Gasteiger partial charge in [0.15, 0.2) is 17.3 Å². The van der Waals surface area contributed by atoms with Gasteiger partial charge in [0, 0.05) is 0 Å². The van der Waals surface area contributed by atoms with Gasteiger partial charge in [-0.1, -0.05) is 6.07 Å². The Balaban J connectivity index is 3.01. The number of methoxy groups -OCH3 is 1. The third-order valence-corrected chi connectivity index (χ3v) is 1.84. The predicted octanol–water partition coefficient (Wildman–Crippen LogP) is 2.97. The number of hydrogen-bond acceptors (Lipinski definition) is 2. The van der Waals surface area contributed by atoms with Gasteiger partial charge in [-0.15, -0.1) is 0 Å². The summed E-state index contributed by atoms with van der Waals surface area (Å²) in [5.74, 6) is -2.64. The van der Waals surface area contributed by atoms with E-state index in [1.54, 1.807) is 0 Å². The Morgan fingerprint density at radius 2 is 2.00 bits per heavy atom. The first-order valence-electron chi connectivity index (χ1n) is 4.27. The predicted molar refractivity (Wildman–Crippen MR) is 48.0 cm³/mol. The number of carbonyl (C=O) groups excluding carboxylic acids is 1. The number of alkyl halides is 3. The molecular weight excluding hydrogens is 228 g/mol. The Bertz CT molecular complexity index is 398. The van der Waals surface area contributed by atoms with E-state index in [0.29, 0.717) is 0 Å². The van der Waals surface area contributed by atoms with E-state index in [1.807, 2.05) is 0 Å². The molecule has 88 valence electrons. The van der Waals surface area contributed by atoms with Gasteiger partial charge in [0.2, 0.25) is 0 Å². The fourth-order valence-corrected chi connectivity index (χ4v) is 1.16. The highest BCUT2D eigenvalue weighted by atomic mass is 19.4. The van der Waals surface area contributed by atoms with Crippen LogP contribution in [0.4, 0.5) is 17.6 Å². The van der Waals surface area contributed by atoms with E-state index in [-0.39, 0.29) is 5.75 Å². The summed E-state index contributed by atoms with van der Waals surface area (Å²) in [5, 5.41) is 0. The van der Waals surface area contributed by atoms with Crippen molar-refractivity contribution in [2.75, 3.05) is 7.11 Å². The van der Waals surface area contributed by atoms with Crippen molar-refractivity contribution in [3.63, 3.8) is 0 Å². The molecule has 0 saturated heterocycles. The Labute approximate surface area is 88.8 Å². The van der Waals surface area contributed by atoms with Crippen LogP contribution in [-0.2, 0) is 0 Å². The molecular formula is C10H8F4O2. The van der Waals surface area contributed by atoms with Crippen LogP contribution in [-0.4, -0.2) is 19.1 Å². The minimum Gasteiger partial charge on any atom is -0.494 e. The summed E-state index contributed by atoms with van der Waals surface area (Å²) in [7, 11) is 1.16. The third-order valence-electron chi connectivity index (χ3n) is 1.84. The molecule has 0 atom stereocenters. The summed E-state index contributed by atoms with van der Waals surface area (Å²) in [5.41, 5.74) is -0.614. The average molecular weight is 236 g/mol. The molecule has 0 amide bonds. The van der Waals surface area contributed by atoms with E-state index in [1.165, 1.54) is 12.1 Å². The quantitative estimate of drug-likeness (QED) is 0.595. The van der Waals surface area contributed by atoms with Crippen LogP contribution >= 0.6 is 0 Å². The maximum absolute atomic E-state index is 13.4. The number of rotatable bonds is 3. The lowest BCUT2D eigenvalue weighted by molar-refractivity contribution is -0.125. The summed E-state index contributed by atoms with van der Waals surface area (Å²) in [4.78, 5) is 11.1. The van der Waals surface area contributed by atoms with Crippen LogP contribution < -0.4 is 4.74 Å². The first-order valence-corrected chi connectivity index (χ1v) is 4.27. The molecule has 1 rings (SSSR count). The van der Waals surface area contributed by atoms with Crippen LogP contribution in [0, 0.1) is 5.82 Å². The van der Waals surface area contributed by atoms with E-state index in [4.69, 9.17) is 0 Å². The summed E-state index contributed by atoms with van der Waals surface area (Å²) in [6.45, 7) is 0. The second-order valence-corrected chi connectivity index (χ2v) is 3.04. The summed E-state index contributed by atoms with van der Waals surface area (Å²) in [6, 6.07) is 3.47. The van der Waals surface area contributed by atoms with Crippen molar-refractivity contribution >= 4 is 5.78 Å². The van der Waals surface area contributed by atoms with Crippen molar-refractivity contribution in [2.24, 2.45) is 0 Å². The van der Waals surface area contributed by atoms with Gasteiger partial charge in [-0.25, -0.2) is 4.39 Å². The van der Waals surface area contributed by atoms with Crippen molar-refractivity contribution in [3.05, 3.63) is 29.6 Å². The molecule has 0 aromatic heterocycles. The van der Waals surface area contributed by atoms with Crippen molar-refractivity contribution in [1.82, 2.24) is 0 Å². The number of hydrogen-bond donors (Lipinski definition) is 0. The van der Waals surface area contributed by atoms with Gasteiger partial charge in [0.25, 0.3) is 0 Å². The molecule has 0 bridgehead atoms.